The van der Waals surface area contributed by atoms with E-state index in [-0.39, 0.29) is 35.8 Å². The average molecular weight is 478 g/mol. The Morgan fingerprint density at radius 1 is 1.16 bits per heavy atom. The minimum absolute atomic E-state index is 0.0127. The maximum Gasteiger partial charge on any atom is 0.269 e. The zero-order valence-corrected chi connectivity index (χ0v) is 20.0. The topological polar surface area (TPSA) is 92.6 Å². The van der Waals surface area contributed by atoms with E-state index in [1.807, 2.05) is 32.0 Å². The van der Waals surface area contributed by atoms with Crippen molar-refractivity contribution in [2.75, 3.05) is 5.75 Å². The second kappa shape index (κ2) is 12.5. The molecule has 32 heavy (non-hydrogen) atoms. The lowest BCUT2D eigenvalue weighted by molar-refractivity contribution is -0.384. The van der Waals surface area contributed by atoms with Gasteiger partial charge in [-0.15, -0.1) is 11.8 Å². The van der Waals surface area contributed by atoms with E-state index in [1.165, 1.54) is 23.9 Å². The molecule has 172 valence electrons. The molecule has 1 N–H and O–H groups in total. The van der Waals surface area contributed by atoms with E-state index in [0.29, 0.717) is 10.8 Å². The summed E-state index contributed by atoms with van der Waals surface area (Å²) < 4.78 is 0. The number of hydrogen-bond donors (Lipinski definition) is 1. The summed E-state index contributed by atoms with van der Waals surface area (Å²) in [7, 11) is 0. The quantitative estimate of drug-likeness (QED) is 0.370. The largest absolute Gasteiger partial charge is 0.352 e. The fraction of sp³-hybridized carbons (Fsp3) is 0.391. The van der Waals surface area contributed by atoms with E-state index in [4.69, 9.17) is 11.6 Å². The zero-order valence-electron chi connectivity index (χ0n) is 18.4. The lowest BCUT2D eigenvalue weighted by atomic mass is 10.1. The molecule has 0 bridgehead atoms. The first kappa shape index (κ1) is 25.7. The number of nitro benzene ring substituents is 1. The Morgan fingerprint density at radius 3 is 2.41 bits per heavy atom. The molecule has 2 amide bonds. The molecular formula is C23H28ClN3O4S. The van der Waals surface area contributed by atoms with Crippen LogP contribution in [0.15, 0.2) is 48.5 Å². The van der Waals surface area contributed by atoms with E-state index in [2.05, 4.69) is 5.32 Å². The molecule has 0 radical (unpaired) electrons. The summed E-state index contributed by atoms with van der Waals surface area (Å²) in [6, 6.07) is 12.9. The van der Waals surface area contributed by atoms with Gasteiger partial charge in [-0.3, -0.25) is 19.7 Å². The molecule has 2 rings (SSSR count). The van der Waals surface area contributed by atoms with Crippen molar-refractivity contribution in [3.63, 3.8) is 0 Å². The van der Waals surface area contributed by atoms with Crippen LogP contribution in [0.4, 0.5) is 5.69 Å². The number of benzene rings is 2. The van der Waals surface area contributed by atoms with Gasteiger partial charge in [-0.1, -0.05) is 48.9 Å². The first-order chi connectivity index (χ1) is 15.2. The number of rotatable bonds is 11. The van der Waals surface area contributed by atoms with Gasteiger partial charge in [-0.05, 0) is 37.5 Å². The molecular weight excluding hydrogens is 450 g/mol. The minimum atomic E-state index is -0.659. The molecule has 0 saturated carbocycles. The molecule has 0 saturated heterocycles. The highest BCUT2D eigenvalue weighted by atomic mass is 35.5. The summed E-state index contributed by atoms with van der Waals surface area (Å²) >= 11 is 7.69. The van der Waals surface area contributed by atoms with Crippen LogP contribution in [0.2, 0.25) is 5.02 Å². The predicted octanol–water partition coefficient (Wildman–Crippen LogP) is 4.81. The Morgan fingerprint density at radius 2 is 1.81 bits per heavy atom. The van der Waals surface area contributed by atoms with Crippen LogP contribution in [0.1, 0.15) is 38.3 Å². The van der Waals surface area contributed by atoms with Gasteiger partial charge in [-0.25, -0.2) is 0 Å². The summed E-state index contributed by atoms with van der Waals surface area (Å²) in [6.07, 6.45) is 0.794. The maximum absolute atomic E-state index is 13.1. The number of non-ortho nitro benzene ring substituents is 1. The Kier molecular flexibility index (Phi) is 9.99. The first-order valence-corrected chi connectivity index (χ1v) is 11.9. The van der Waals surface area contributed by atoms with Gasteiger partial charge in [0.05, 0.1) is 10.7 Å². The fourth-order valence-electron chi connectivity index (χ4n) is 2.91. The number of hydrogen-bond acceptors (Lipinski definition) is 5. The van der Waals surface area contributed by atoms with E-state index >= 15 is 0 Å². The Labute approximate surface area is 197 Å². The number of halogens is 1. The molecule has 0 fully saturated rings. The Balaban J connectivity index is 2.07. The number of carbonyl (C=O) groups excluding carboxylic acids is 2. The highest BCUT2D eigenvalue weighted by Crippen LogP contribution is 2.21. The standard InChI is InChI=1S/C23H28ClN3O4S/c1-4-16(2)25-23(29)17(3)26(13-19-7-5-6-8-21(19)24)22(28)15-32-14-18-9-11-20(12-10-18)27(30)31/h5-12,16-17H,4,13-15H2,1-3H3,(H,25,29)/t16-,17+/m1/s1. The third-order valence-electron chi connectivity index (χ3n) is 5.11. The van der Waals surface area contributed by atoms with Gasteiger partial charge in [0, 0.05) is 35.5 Å². The molecule has 2 aromatic carbocycles. The van der Waals surface area contributed by atoms with Gasteiger partial charge in [0.25, 0.3) is 5.69 Å². The highest BCUT2D eigenvalue weighted by Gasteiger charge is 2.27. The molecule has 0 heterocycles. The van der Waals surface area contributed by atoms with Gasteiger partial charge in [0.2, 0.25) is 11.8 Å². The third-order valence-corrected chi connectivity index (χ3v) is 6.47. The van der Waals surface area contributed by atoms with Gasteiger partial charge < -0.3 is 10.2 Å². The number of thioether (sulfide) groups is 1. The maximum atomic E-state index is 13.1. The Hall–Kier alpha value is -2.58. The van der Waals surface area contributed by atoms with Crippen molar-refractivity contribution in [1.29, 1.82) is 0 Å². The van der Waals surface area contributed by atoms with E-state index < -0.39 is 11.0 Å². The Bertz CT molecular complexity index is 939. The lowest BCUT2D eigenvalue weighted by Crippen LogP contribution is -2.50. The molecule has 0 spiro atoms. The van der Waals surface area contributed by atoms with Crippen LogP contribution in [-0.4, -0.2) is 39.5 Å². The second-order valence-corrected chi connectivity index (χ2v) is 8.92. The van der Waals surface area contributed by atoms with Crippen LogP contribution in [0, 0.1) is 10.1 Å². The smallest absolute Gasteiger partial charge is 0.269 e. The van der Waals surface area contributed by atoms with Crippen LogP contribution in [0.5, 0.6) is 0 Å². The average Bonchev–Trinajstić information content (AvgIpc) is 2.78. The summed E-state index contributed by atoms with van der Waals surface area (Å²) in [5, 5.41) is 14.3. The van der Waals surface area contributed by atoms with Crippen molar-refractivity contribution < 1.29 is 14.5 Å². The van der Waals surface area contributed by atoms with Crippen LogP contribution < -0.4 is 5.32 Å². The van der Waals surface area contributed by atoms with Crippen LogP contribution in [-0.2, 0) is 21.9 Å². The van der Waals surface area contributed by atoms with E-state index in [1.54, 1.807) is 30.0 Å². The minimum Gasteiger partial charge on any atom is -0.352 e. The predicted molar refractivity (Wildman–Crippen MR) is 129 cm³/mol. The molecule has 0 aliphatic carbocycles. The first-order valence-electron chi connectivity index (χ1n) is 10.4. The van der Waals surface area contributed by atoms with Crippen molar-refractivity contribution in [2.45, 2.75) is 51.6 Å². The molecule has 7 nitrogen and oxygen atoms in total. The van der Waals surface area contributed by atoms with Gasteiger partial charge in [0.15, 0.2) is 0 Å². The van der Waals surface area contributed by atoms with E-state index in [9.17, 15) is 19.7 Å². The summed E-state index contributed by atoms with van der Waals surface area (Å²) in [5.74, 6) is 0.309. The van der Waals surface area contributed by atoms with Crippen molar-refractivity contribution in [3.05, 3.63) is 74.8 Å². The fourth-order valence-corrected chi connectivity index (χ4v) is 3.98. The number of nitrogens with zero attached hydrogens (tertiary/aromatic N) is 2. The third kappa shape index (κ3) is 7.53. The summed E-state index contributed by atoms with van der Waals surface area (Å²) in [6.45, 7) is 5.85. The molecule has 0 unspecified atom stereocenters. The molecule has 2 atom stereocenters. The second-order valence-electron chi connectivity index (χ2n) is 7.52. The van der Waals surface area contributed by atoms with Crippen molar-refractivity contribution >= 4 is 40.9 Å². The van der Waals surface area contributed by atoms with Crippen molar-refractivity contribution in [2.24, 2.45) is 0 Å². The number of nitro groups is 1. The van der Waals surface area contributed by atoms with Crippen LogP contribution in [0.25, 0.3) is 0 Å². The monoisotopic (exact) mass is 477 g/mol. The van der Waals surface area contributed by atoms with E-state index in [0.717, 1.165) is 17.5 Å². The van der Waals surface area contributed by atoms with Gasteiger partial charge in [0.1, 0.15) is 6.04 Å². The van der Waals surface area contributed by atoms with Crippen LogP contribution in [0.3, 0.4) is 0 Å². The molecule has 9 heteroatoms. The zero-order chi connectivity index (χ0) is 23.7. The van der Waals surface area contributed by atoms with Crippen LogP contribution >= 0.6 is 23.4 Å². The van der Waals surface area contributed by atoms with Gasteiger partial charge in [-0.2, -0.15) is 0 Å². The van der Waals surface area contributed by atoms with Crippen molar-refractivity contribution in [3.8, 4) is 0 Å². The summed E-state index contributed by atoms with van der Waals surface area (Å²) in [5.41, 5.74) is 1.68. The molecule has 0 aliphatic rings. The molecule has 0 aliphatic heterocycles. The molecule has 2 aromatic rings. The highest BCUT2D eigenvalue weighted by molar-refractivity contribution is 7.99. The van der Waals surface area contributed by atoms with Crippen molar-refractivity contribution in [1.82, 2.24) is 10.2 Å². The normalized spacial score (nSPS) is 12.6. The number of carbonyl (C=O) groups is 2. The molecule has 0 aromatic heterocycles. The lowest BCUT2D eigenvalue weighted by Gasteiger charge is -2.30. The summed E-state index contributed by atoms with van der Waals surface area (Å²) in [4.78, 5) is 37.7. The van der Waals surface area contributed by atoms with Gasteiger partial charge >= 0.3 is 0 Å². The number of nitrogens with one attached hydrogen (secondary N) is 1. The number of amides is 2. The SMILES string of the molecule is CC[C@@H](C)NC(=O)[C@H](C)N(Cc1ccccc1Cl)C(=O)CSCc1ccc([N+](=O)[O-])cc1.